The predicted octanol–water partition coefficient (Wildman–Crippen LogP) is 3.36. The second-order valence-corrected chi connectivity index (χ2v) is 6.59. The van der Waals surface area contributed by atoms with Crippen LogP contribution in [-0.4, -0.2) is 29.0 Å². The minimum Gasteiger partial charge on any atom is -0.326 e. The summed E-state index contributed by atoms with van der Waals surface area (Å²) in [6.07, 6.45) is 6.26. The number of aromatic nitrogens is 1. The molecule has 3 nitrogen and oxygen atoms in total. The summed E-state index contributed by atoms with van der Waals surface area (Å²) < 4.78 is 0. The zero-order chi connectivity index (χ0) is 14.8. The molecule has 0 spiro atoms. The fourth-order valence-corrected chi connectivity index (χ4v) is 3.57. The normalized spacial score (nSPS) is 23.8. The molecule has 2 atom stereocenters. The van der Waals surface area contributed by atoms with E-state index in [9.17, 15) is 0 Å². The summed E-state index contributed by atoms with van der Waals surface area (Å²) in [6.45, 7) is 6.79. The quantitative estimate of drug-likeness (QED) is 0.939. The molecule has 1 fully saturated rings. The average Bonchev–Trinajstić information content (AvgIpc) is 2.47. The smallest absolute Gasteiger partial charge is 0.0520 e. The highest BCUT2D eigenvalue weighted by molar-refractivity contribution is 5.85. The van der Waals surface area contributed by atoms with Crippen molar-refractivity contribution >= 4 is 10.8 Å². The maximum atomic E-state index is 6.50. The lowest BCUT2D eigenvalue weighted by atomic mass is 9.88. The van der Waals surface area contributed by atoms with Crippen LogP contribution in [0.2, 0.25) is 0 Å². The lowest BCUT2D eigenvalue weighted by molar-refractivity contribution is 0.115. The fraction of sp³-hybridized carbons (Fsp3) is 0.500. The molecule has 1 aliphatic heterocycles. The molecule has 2 aromatic rings. The number of rotatable bonds is 3. The number of benzene rings is 1. The molecular formula is C18H25N3. The molecule has 21 heavy (non-hydrogen) atoms. The van der Waals surface area contributed by atoms with Gasteiger partial charge in [0.2, 0.25) is 0 Å². The van der Waals surface area contributed by atoms with E-state index in [1.807, 2.05) is 12.4 Å². The number of hydrogen-bond donors (Lipinski definition) is 1. The minimum atomic E-state index is 0.199. The van der Waals surface area contributed by atoms with E-state index in [0.717, 1.165) is 19.5 Å². The van der Waals surface area contributed by atoms with Gasteiger partial charge >= 0.3 is 0 Å². The van der Waals surface area contributed by atoms with Crippen molar-refractivity contribution in [1.29, 1.82) is 0 Å². The molecule has 0 saturated carbocycles. The van der Waals surface area contributed by atoms with Crippen LogP contribution in [0.4, 0.5) is 0 Å². The van der Waals surface area contributed by atoms with E-state index >= 15 is 0 Å². The van der Waals surface area contributed by atoms with Crippen molar-refractivity contribution in [2.24, 2.45) is 11.7 Å². The first-order valence-corrected chi connectivity index (χ1v) is 7.99. The highest BCUT2D eigenvalue weighted by atomic mass is 15.2. The summed E-state index contributed by atoms with van der Waals surface area (Å²) in [5.41, 5.74) is 7.79. The Morgan fingerprint density at radius 1 is 1.29 bits per heavy atom. The Bertz CT molecular complexity index is 603. The van der Waals surface area contributed by atoms with E-state index in [1.165, 1.54) is 22.8 Å². The molecule has 0 radical (unpaired) electrons. The largest absolute Gasteiger partial charge is 0.326 e. The second kappa shape index (κ2) is 6.12. The van der Waals surface area contributed by atoms with Gasteiger partial charge in [-0.15, -0.1) is 0 Å². The van der Waals surface area contributed by atoms with E-state index in [4.69, 9.17) is 5.73 Å². The van der Waals surface area contributed by atoms with Crippen LogP contribution in [0.15, 0.2) is 36.7 Å². The Labute approximate surface area is 127 Å². The molecule has 0 bridgehead atoms. The summed E-state index contributed by atoms with van der Waals surface area (Å²) in [7, 11) is 0. The zero-order valence-corrected chi connectivity index (χ0v) is 13.0. The molecule has 3 rings (SSSR count). The molecule has 0 amide bonds. The van der Waals surface area contributed by atoms with Crippen LogP contribution in [0.3, 0.4) is 0 Å². The minimum absolute atomic E-state index is 0.199. The summed E-state index contributed by atoms with van der Waals surface area (Å²) in [4.78, 5) is 7.01. The molecule has 2 heterocycles. The van der Waals surface area contributed by atoms with Gasteiger partial charge in [-0.3, -0.25) is 9.88 Å². The Morgan fingerprint density at radius 3 is 2.90 bits per heavy atom. The van der Waals surface area contributed by atoms with Gasteiger partial charge in [-0.25, -0.2) is 0 Å². The first-order chi connectivity index (χ1) is 10.2. The third kappa shape index (κ3) is 2.94. The number of nitrogens with two attached hydrogens (primary N) is 1. The number of piperidine rings is 1. The van der Waals surface area contributed by atoms with Gasteiger partial charge in [-0.1, -0.05) is 38.1 Å². The van der Waals surface area contributed by atoms with Crippen molar-refractivity contribution in [2.45, 2.75) is 38.8 Å². The lowest BCUT2D eigenvalue weighted by Crippen LogP contribution is -2.47. The van der Waals surface area contributed by atoms with E-state index in [2.05, 4.69) is 48.0 Å². The Hall–Kier alpha value is -1.45. The molecule has 1 aromatic heterocycles. The van der Waals surface area contributed by atoms with Gasteiger partial charge in [0.25, 0.3) is 0 Å². The van der Waals surface area contributed by atoms with Crippen LogP contribution in [0.25, 0.3) is 10.8 Å². The van der Waals surface area contributed by atoms with Gasteiger partial charge in [-0.2, -0.15) is 0 Å². The molecule has 2 N–H and O–H groups in total. The molecule has 112 valence electrons. The molecule has 1 aromatic carbocycles. The van der Waals surface area contributed by atoms with Crippen molar-refractivity contribution in [3.63, 3.8) is 0 Å². The van der Waals surface area contributed by atoms with Gasteiger partial charge in [0.15, 0.2) is 0 Å². The van der Waals surface area contributed by atoms with E-state index in [-0.39, 0.29) is 6.04 Å². The van der Waals surface area contributed by atoms with Gasteiger partial charge in [0.05, 0.1) is 6.04 Å². The maximum Gasteiger partial charge on any atom is 0.0520 e. The summed E-state index contributed by atoms with van der Waals surface area (Å²) in [5.74, 6) is 0.653. The number of pyridine rings is 1. The molecule has 0 aliphatic carbocycles. The van der Waals surface area contributed by atoms with Crippen molar-refractivity contribution in [1.82, 2.24) is 9.88 Å². The highest BCUT2D eigenvalue weighted by Gasteiger charge is 2.31. The number of nitrogens with zero attached hydrogens (tertiary/aromatic N) is 2. The maximum absolute atomic E-state index is 6.50. The molecular weight excluding hydrogens is 258 g/mol. The van der Waals surface area contributed by atoms with Crippen molar-refractivity contribution in [3.8, 4) is 0 Å². The lowest BCUT2D eigenvalue weighted by Gasteiger charge is -2.41. The van der Waals surface area contributed by atoms with Crippen LogP contribution >= 0.6 is 0 Å². The third-order valence-corrected chi connectivity index (χ3v) is 4.40. The Balaban J connectivity index is 2.04. The van der Waals surface area contributed by atoms with E-state index in [0.29, 0.717) is 12.0 Å². The van der Waals surface area contributed by atoms with Crippen LogP contribution in [0, 0.1) is 5.92 Å². The van der Waals surface area contributed by atoms with Gasteiger partial charge in [0, 0.05) is 30.4 Å². The monoisotopic (exact) mass is 283 g/mol. The van der Waals surface area contributed by atoms with Gasteiger partial charge < -0.3 is 5.73 Å². The first-order valence-electron chi connectivity index (χ1n) is 7.99. The van der Waals surface area contributed by atoms with Crippen LogP contribution in [0.5, 0.6) is 0 Å². The van der Waals surface area contributed by atoms with Crippen molar-refractivity contribution < 1.29 is 0 Å². The van der Waals surface area contributed by atoms with Gasteiger partial charge in [0.1, 0.15) is 0 Å². The SMILES string of the molecule is CC(C)CN1CCCC(N)C1c1cncc2ccccc12. The molecule has 2 unspecified atom stereocenters. The van der Waals surface area contributed by atoms with E-state index in [1.54, 1.807) is 0 Å². The topological polar surface area (TPSA) is 42.1 Å². The second-order valence-electron chi connectivity index (χ2n) is 6.59. The highest BCUT2D eigenvalue weighted by Crippen LogP contribution is 2.34. The van der Waals surface area contributed by atoms with E-state index < -0.39 is 0 Å². The van der Waals surface area contributed by atoms with Crippen LogP contribution in [0.1, 0.15) is 38.3 Å². The third-order valence-electron chi connectivity index (χ3n) is 4.40. The Morgan fingerprint density at radius 2 is 2.10 bits per heavy atom. The fourth-order valence-electron chi connectivity index (χ4n) is 3.57. The average molecular weight is 283 g/mol. The molecule has 1 saturated heterocycles. The molecule has 3 heteroatoms. The predicted molar refractivity (Wildman–Crippen MR) is 88.1 cm³/mol. The van der Waals surface area contributed by atoms with Crippen molar-refractivity contribution in [3.05, 3.63) is 42.2 Å². The summed E-state index contributed by atoms with van der Waals surface area (Å²) >= 11 is 0. The standard InChI is InChI=1S/C18H25N3/c1-13(2)12-21-9-5-8-17(19)18(21)16-11-20-10-14-6-3-4-7-15(14)16/h3-4,6-7,10-11,13,17-18H,5,8-9,12,19H2,1-2H3. The summed E-state index contributed by atoms with van der Waals surface area (Å²) in [5, 5.41) is 2.50. The first kappa shape index (κ1) is 14.5. The van der Waals surface area contributed by atoms with Crippen molar-refractivity contribution in [2.75, 3.05) is 13.1 Å². The number of hydrogen-bond acceptors (Lipinski definition) is 3. The summed E-state index contributed by atoms with van der Waals surface area (Å²) in [6, 6.07) is 8.99. The Kier molecular flexibility index (Phi) is 4.22. The molecule has 1 aliphatic rings. The van der Waals surface area contributed by atoms with Crippen LogP contribution < -0.4 is 5.73 Å². The van der Waals surface area contributed by atoms with Crippen LogP contribution in [-0.2, 0) is 0 Å². The number of likely N-dealkylation sites (tertiary alicyclic amines) is 1. The number of fused-ring (bicyclic) bond motifs is 1. The van der Waals surface area contributed by atoms with Gasteiger partial charge in [-0.05, 0) is 36.3 Å². The zero-order valence-electron chi connectivity index (χ0n) is 13.0.